The Balaban J connectivity index is 2.93. The summed E-state index contributed by atoms with van der Waals surface area (Å²) in [5, 5.41) is 20.7. The number of carbonyl (C=O) groups is 1. The summed E-state index contributed by atoms with van der Waals surface area (Å²) in [7, 11) is 1.54. The molecule has 0 aliphatic heterocycles. The number of rotatable bonds is 5. The van der Waals surface area contributed by atoms with Gasteiger partial charge in [0.25, 0.3) is 0 Å². The zero-order chi connectivity index (χ0) is 11.5. The first kappa shape index (κ1) is 12.2. The molecule has 1 aromatic heterocycles. The number of carboxylic acid groups (broad SMARTS) is 1. The molecule has 0 fully saturated rings. The summed E-state index contributed by atoms with van der Waals surface area (Å²) in [6.45, 7) is 1.99. The van der Waals surface area contributed by atoms with Crippen LogP contribution in [0.15, 0.2) is 11.4 Å². The Morgan fingerprint density at radius 3 is 2.87 bits per heavy atom. The molecule has 0 saturated heterocycles. The largest absolute Gasteiger partial charge is 0.478 e. The van der Waals surface area contributed by atoms with Gasteiger partial charge in [-0.05, 0) is 18.4 Å². The van der Waals surface area contributed by atoms with Crippen molar-refractivity contribution < 1.29 is 19.7 Å². The first-order chi connectivity index (χ1) is 6.99. The monoisotopic (exact) mass is 230 g/mol. The fourth-order valence-electron chi connectivity index (χ4n) is 1.31. The predicted molar refractivity (Wildman–Crippen MR) is 57.3 cm³/mol. The second-order valence-electron chi connectivity index (χ2n) is 3.49. The van der Waals surface area contributed by atoms with Crippen LogP contribution in [0.2, 0.25) is 0 Å². The zero-order valence-electron chi connectivity index (χ0n) is 8.69. The van der Waals surface area contributed by atoms with E-state index in [0.717, 1.165) is 0 Å². The lowest BCUT2D eigenvalue weighted by Gasteiger charge is -2.22. The molecule has 84 valence electrons. The minimum atomic E-state index is -1.14. The Hall–Kier alpha value is -0.910. The van der Waals surface area contributed by atoms with Crippen molar-refractivity contribution in [3.05, 3.63) is 21.9 Å². The summed E-state index contributed by atoms with van der Waals surface area (Å²) < 4.78 is 4.87. The molecule has 0 aromatic carbocycles. The SMILES string of the molecule is COCCC(C)(O)c1sccc1C(=O)O. The quantitative estimate of drug-likeness (QED) is 0.807. The van der Waals surface area contributed by atoms with Crippen LogP contribution < -0.4 is 0 Å². The maximum Gasteiger partial charge on any atom is 0.336 e. The Morgan fingerprint density at radius 1 is 1.67 bits per heavy atom. The lowest BCUT2D eigenvalue weighted by atomic mass is 9.97. The van der Waals surface area contributed by atoms with E-state index in [1.54, 1.807) is 19.4 Å². The molecule has 0 bridgehead atoms. The van der Waals surface area contributed by atoms with Gasteiger partial charge in [-0.15, -0.1) is 11.3 Å². The maximum absolute atomic E-state index is 10.9. The highest BCUT2D eigenvalue weighted by Gasteiger charge is 2.29. The van der Waals surface area contributed by atoms with Crippen molar-refractivity contribution in [2.75, 3.05) is 13.7 Å². The number of carboxylic acids is 1. The van der Waals surface area contributed by atoms with Gasteiger partial charge in [0.15, 0.2) is 0 Å². The molecule has 1 aromatic rings. The number of thiophene rings is 1. The van der Waals surface area contributed by atoms with E-state index in [9.17, 15) is 9.90 Å². The third-order valence-corrected chi connectivity index (χ3v) is 3.35. The van der Waals surface area contributed by atoms with Crippen molar-refractivity contribution in [2.24, 2.45) is 0 Å². The average Bonchev–Trinajstić information content (AvgIpc) is 2.63. The van der Waals surface area contributed by atoms with Crippen molar-refractivity contribution in [3.63, 3.8) is 0 Å². The number of hydrogen-bond donors (Lipinski definition) is 2. The highest BCUT2D eigenvalue weighted by molar-refractivity contribution is 7.10. The van der Waals surface area contributed by atoms with E-state index in [4.69, 9.17) is 9.84 Å². The molecule has 15 heavy (non-hydrogen) atoms. The molecule has 0 saturated carbocycles. The molecule has 0 spiro atoms. The van der Waals surface area contributed by atoms with Crippen LogP contribution in [0.3, 0.4) is 0 Å². The van der Waals surface area contributed by atoms with E-state index in [1.807, 2.05) is 0 Å². The summed E-state index contributed by atoms with van der Waals surface area (Å²) >= 11 is 1.25. The Bertz CT molecular complexity index is 343. The second kappa shape index (κ2) is 4.74. The van der Waals surface area contributed by atoms with Crippen LogP contribution in [-0.4, -0.2) is 29.9 Å². The van der Waals surface area contributed by atoms with Crippen molar-refractivity contribution >= 4 is 17.3 Å². The molecular weight excluding hydrogens is 216 g/mol. The normalized spacial score (nSPS) is 14.9. The van der Waals surface area contributed by atoms with Gasteiger partial charge >= 0.3 is 5.97 Å². The fourth-order valence-corrected chi connectivity index (χ4v) is 2.29. The summed E-state index contributed by atoms with van der Waals surface area (Å²) in [4.78, 5) is 11.3. The molecule has 1 unspecified atom stereocenters. The van der Waals surface area contributed by atoms with Crippen molar-refractivity contribution in [2.45, 2.75) is 18.9 Å². The van der Waals surface area contributed by atoms with Crippen LogP contribution >= 0.6 is 11.3 Å². The number of methoxy groups -OCH3 is 1. The molecule has 5 heteroatoms. The van der Waals surface area contributed by atoms with E-state index in [-0.39, 0.29) is 5.56 Å². The van der Waals surface area contributed by atoms with Crippen LogP contribution in [0.4, 0.5) is 0 Å². The van der Waals surface area contributed by atoms with Crippen LogP contribution in [0.1, 0.15) is 28.6 Å². The number of aromatic carboxylic acids is 1. The summed E-state index contributed by atoms with van der Waals surface area (Å²) in [6.07, 6.45) is 0.379. The minimum Gasteiger partial charge on any atom is -0.478 e. The van der Waals surface area contributed by atoms with E-state index in [1.165, 1.54) is 17.4 Å². The van der Waals surface area contributed by atoms with Gasteiger partial charge in [0.2, 0.25) is 0 Å². The number of ether oxygens (including phenoxy) is 1. The Labute approximate surface area is 92.1 Å². The molecule has 1 heterocycles. The third kappa shape index (κ3) is 2.77. The highest BCUT2D eigenvalue weighted by Crippen LogP contribution is 2.32. The second-order valence-corrected chi connectivity index (χ2v) is 4.40. The number of hydrogen-bond acceptors (Lipinski definition) is 4. The van der Waals surface area contributed by atoms with E-state index in [0.29, 0.717) is 17.9 Å². The Kier molecular flexibility index (Phi) is 3.84. The predicted octanol–water partition coefficient (Wildman–Crippen LogP) is 1.69. The average molecular weight is 230 g/mol. The van der Waals surface area contributed by atoms with Gasteiger partial charge < -0.3 is 14.9 Å². The molecule has 1 atom stereocenters. The van der Waals surface area contributed by atoms with E-state index in [2.05, 4.69) is 0 Å². The van der Waals surface area contributed by atoms with Crippen LogP contribution in [-0.2, 0) is 10.3 Å². The summed E-state index contributed by atoms with van der Waals surface area (Å²) in [5.41, 5.74) is -0.973. The van der Waals surface area contributed by atoms with Crippen LogP contribution in [0, 0.1) is 0 Å². The van der Waals surface area contributed by atoms with Gasteiger partial charge in [0.05, 0.1) is 16.0 Å². The smallest absolute Gasteiger partial charge is 0.336 e. The van der Waals surface area contributed by atoms with Gasteiger partial charge in [0.1, 0.15) is 0 Å². The lowest BCUT2D eigenvalue weighted by molar-refractivity contribution is 0.0225. The van der Waals surface area contributed by atoms with Crippen LogP contribution in [0.5, 0.6) is 0 Å². The molecule has 0 radical (unpaired) electrons. The first-order valence-corrected chi connectivity index (χ1v) is 5.39. The van der Waals surface area contributed by atoms with Gasteiger partial charge in [-0.2, -0.15) is 0 Å². The van der Waals surface area contributed by atoms with Gasteiger partial charge in [-0.3, -0.25) is 0 Å². The topological polar surface area (TPSA) is 66.8 Å². The molecule has 4 nitrogen and oxygen atoms in total. The summed E-state index contributed by atoms with van der Waals surface area (Å²) in [5.74, 6) is -1.01. The molecule has 0 aliphatic rings. The van der Waals surface area contributed by atoms with Gasteiger partial charge in [-0.1, -0.05) is 0 Å². The zero-order valence-corrected chi connectivity index (χ0v) is 9.50. The van der Waals surface area contributed by atoms with E-state index >= 15 is 0 Å². The van der Waals surface area contributed by atoms with Crippen molar-refractivity contribution in [3.8, 4) is 0 Å². The third-order valence-electron chi connectivity index (χ3n) is 2.18. The Morgan fingerprint density at radius 2 is 2.33 bits per heavy atom. The molecular formula is C10H14O4S. The van der Waals surface area contributed by atoms with Crippen molar-refractivity contribution in [1.29, 1.82) is 0 Å². The molecule has 0 aliphatic carbocycles. The van der Waals surface area contributed by atoms with Gasteiger partial charge in [-0.25, -0.2) is 4.79 Å². The van der Waals surface area contributed by atoms with Crippen LogP contribution in [0.25, 0.3) is 0 Å². The lowest BCUT2D eigenvalue weighted by Crippen LogP contribution is -2.24. The fraction of sp³-hybridized carbons (Fsp3) is 0.500. The maximum atomic E-state index is 10.9. The molecule has 0 amide bonds. The highest BCUT2D eigenvalue weighted by atomic mass is 32.1. The molecule has 2 N–H and O–H groups in total. The van der Waals surface area contributed by atoms with Gasteiger partial charge in [0, 0.05) is 20.1 Å². The standard InChI is InChI=1S/C10H14O4S/c1-10(13,4-5-14-2)8-7(9(11)12)3-6-15-8/h3,6,13H,4-5H2,1-2H3,(H,11,12). The summed E-state index contributed by atoms with van der Waals surface area (Å²) in [6, 6.07) is 1.50. The minimum absolute atomic E-state index is 0.168. The molecule has 1 rings (SSSR count). The van der Waals surface area contributed by atoms with E-state index < -0.39 is 11.6 Å². The number of aliphatic hydroxyl groups is 1. The van der Waals surface area contributed by atoms with Crippen molar-refractivity contribution in [1.82, 2.24) is 0 Å². The first-order valence-electron chi connectivity index (χ1n) is 4.51.